The van der Waals surface area contributed by atoms with Crippen LogP contribution in [0.25, 0.3) is 0 Å². The van der Waals surface area contributed by atoms with Crippen LogP contribution in [0.15, 0.2) is 42.5 Å². The molecule has 3 rings (SSSR count). The Balaban J connectivity index is 1.94. The molecule has 1 amide bonds. The third-order valence-electron chi connectivity index (χ3n) is 5.14. The number of benzene rings is 2. The van der Waals surface area contributed by atoms with Gasteiger partial charge in [0.2, 0.25) is 0 Å². The lowest BCUT2D eigenvalue weighted by Gasteiger charge is -2.40. The Labute approximate surface area is 180 Å². The quantitative estimate of drug-likeness (QED) is 0.434. The number of amides is 1. The number of rotatable bonds is 4. The Hall–Kier alpha value is -2.93. The van der Waals surface area contributed by atoms with Crippen LogP contribution in [0, 0.1) is 11.8 Å². The van der Waals surface area contributed by atoms with Crippen molar-refractivity contribution in [2.24, 2.45) is 0 Å². The maximum Gasteiger partial charge on any atom is 0.251 e. The molecule has 31 heavy (non-hydrogen) atoms. The van der Waals surface area contributed by atoms with Gasteiger partial charge in [-0.15, -0.1) is 0 Å². The van der Waals surface area contributed by atoms with E-state index in [0.717, 1.165) is 0 Å². The molecule has 0 aliphatic carbocycles. The van der Waals surface area contributed by atoms with Crippen LogP contribution in [0.2, 0.25) is 0 Å². The molecule has 0 radical (unpaired) electrons. The Bertz CT molecular complexity index is 995. The first-order valence-electron chi connectivity index (χ1n) is 9.72. The van der Waals surface area contributed by atoms with Crippen molar-refractivity contribution in [1.82, 2.24) is 5.32 Å². The van der Waals surface area contributed by atoms with E-state index in [1.54, 1.807) is 49.5 Å². The lowest BCUT2D eigenvalue weighted by Crippen LogP contribution is -2.55. The van der Waals surface area contributed by atoms with Gasteiger partial charge in [0.15, 0.2) is 0 Å². The van der Waals surface area contributed by atoms with E-state index in [0.29, 0.717) is 28.0 Å². The van der Waals surface area contributed by atoms with Crippen LogP contribution in [-0.2, 0) is 4.74 Å². The largest absolute Gasteiger partial charge is 0.495 e. The summed E-state index contributed by atoms with van der Waals surface area (Å²) in [6.07, 6.45) is -6.27. The molecule has 0 bridgehead atoms. The van der Waals surface area contributed by atoms with Crippen LogP contribution in [0.4, 0.5) is 0 Å². The second-order valence-corrected chi connectivity index (χ2v) is 7.12. The number of methoxy groups -OCH3 is 1. The number of nitrogens with one attached hydrogen (secondary N) is 1. The highest BCUT2D eigenvalue weighted by Gasteiger charge is 2.44. The molecule has 8 heteroatoms. The SMILES string of the molecule is CNC(=O)c1cccc(C#Cc2cc([C@H]3O[C@H](CO)[C@@H](O)[C@H](O)[C@@H]3O)ccc2OC)c1. The van der Waals surface area contributed by atoms with Gasteiger partial charge >= 0.3 is 0 Å². The van der Waals surface area contributed by atoms with Gasteiger partial charge in [-0.2, -0.15) is 0 Å². The number of aliphatic hydroxyl groups is 4. The first kappa shape index (κ1) is 22.7. The summed E-state index contributed by atoms with van der Waals surface area (Å²) in [5.41, 5.74) is 2.11. The predicted octanol–water partition coefficient (Wildman–Crippen LogP) is -0.0305. The molecular formula is C23H25NO7. The first-order valence-corrected chi connectivity index (χ1v) is 9.72. The molecule has 1 heterocycles. The van der Waals surface area contributed by atoms with E-state index < -0.39 is 37.1 Å². The van der Waals surface area contributed by atoms with E-state index in [9.17, 15) is 25.2 Å². The third-order valence-corrected chi connectivity index (χ3v) is 5.14. The summed E-state index contributed by atoms with van der Waals surface area (Å²) in [5.74, 6) is 6.26. The minimum Gasteiger partial charge on any atom is -0.495 e. The van der Waals surface area contributed by atoms with Crippen molar-refractivity contribution in [3.8, 4) is 17.6 Å². The molecule has 0 saturated carbocycles. The number of carbonyl (C=O) groups is 1. The summed E-state index contributed by atoms with van der Waals surface area (Å²) in [7, 11) is 3.05. The summed E-state index contributed by atoms with van der Waals surface area (Å²) in [6, 6.07) is 11.8. The van der Waals surface area contributed by atoms with Gasteiger partial charge in [0, 0.05) is 18.2 Å². The second kappa shape index (κ2) is 9.92. The molecule has 1 aliphatic heterocycles. The number of ether oxygens (including phenoxy) is 2. The fourth-order valence-corrected chi connectivity index (χ4v) is 3.40. The van der Waals surface area contributed by atoms with Gasteiger partial charge in [-0.05, 0) is 35.9 Å². The third kappa shape index (κ3) is 4.88. The molecule has 5 N–H and O–H groups in total. The Morgan fingerprint density at radius 2 is 1.87 bits per heavy atom. The van der Waals surface area contributed by atoms with Crippen LogP contribution < -0.4 is 10.1 Å². The molecule has 1 saturated heterocycles. The Morgan fingerprint density at radius 3 is 2.55 bits per heavy atom. The molecule has 5 atom stereocenters. The molecule has 164 valence electrons. The summed E-state index contributed by atoms with van der Waals surface area (Å²) in [5, 5.41) is 42.4. The van der Waals surface area contributed by atoms with E-state index in [4.69, 9.17) is 9.47 Å². The van der Waals surface area contributed by atoms with Crippen molar-refractivity contribution in [2.45, 2.75) is 30.5 Å². The van der Waals surface area contributed by atoms with Crippen LogP contribution in [0.5, 0.6) is 5.75 Å². The smallest absolute Gasteiger partial charge is 0.251 e. The zero-order valence-electron chi connectivity index (χ0n) is 17.1. The maximum absolute atomic E-state index is 11.8. The molecule has 1 aliphatic rings. The van der Waals surface area contributed by atoms with Crippen LogP contribution >= 0.6 is 0 Å². The summed E-state index contributed by atoms with van der Waals surface area (Å²) in [4.78, 5) is 11.8. The topological polar surface area (TPSA) is 128 Å². The fraction of sp³-hybridized carbons (Fsp3) is 0.348. The Kier molecular flexibility index (Phi) is 7.28. The highest BCUT2D eigenvalue weighted by Crippen LogP contribution is 2.34. The number of aliphatic hydroxyl groups excluding tert-OH is 4. The molecule has 2 aromatic rings. The normalized spacial score (nSPS) is 25.3. The van der Waals surface area contributed by atoms with Gasteiger partial charge in [-0.3, -0.25) is 4.79 Å². The average molecular weight is 427 g/mol. The summed E-state index contributed by atoms with van der Waals surface area (Å²) in [6.45, 7) is -0.508. The predicted molar refractivity (Wildman–Crippen MR) is 112 cm³/mol. The van der Waals surface area contributed by atoms with Crippen molar-refractivity contribution >= 4 is 5.91 Å². The number of hydrogen-bond donors (Lipinski definition) is 5. The van der Waals surface area contributed by atoms with Crippen LogP contribution in [0.3, 0.4) is 0 Å². The van der Waals surface area contributed by atoms with Gasteiger partial charge in [-0.25, -0.2) is 0 Å². The van der Waals surface area contributed by atoms with Crippen LogP contribution in [-0.4, -0.2) is 71.5 Å². The molecule has 2 aromatic carbocycles. The maximum atomic E-state index is 11.8. The average Bonchev–Trinajstić information content (AvgIpc) is 2.81. The van der Waals surface area contributed by atoms with E-state index in [1.165, 1.54) is 7.11 Å². The lowest BCUT2D eigenvalue weighted by molar-refractivity contribution is -0.231. The monoisotopic (exact) mass is 427 g/mol. The van der Waals surface area contributed by atoms with E-state index >= 15 is 0 Å². The van der Waals surface area contributed by atoms with Gasteiger partial charge in [0.25, 0.3) is 5.91 Å². The Morgan fingerprint density at radius 1 is 1.10 bits per heavy atom. The van der Waals surface area contributed by atoms with Crippen molar-refractivity contribution in [1.29, 1.82) is 0 Å². The van der Waals surface area contributed by atoms with Gasteiger partial charge in [0.05, 0.1) is 19.3 Å². The number of hydrogen-bond acceptors (Lipinski definition) is 7. The van der Waals surface area contributed by atoms with E-state index in [2.05, 4.69) is 17.2 Å². The second-order valence-electron chi connectivity index (χ2n) is 7.12. The van der Waals surface area contributed by atoms with Crippen molar-refractivity contribution in [3.05, 3.63) is 64.7 Å². The molecular weight excluding hydrogens is 402 g/mol. The molecule has 0 unspecified atom stereocenters. The van der Waals surface area contributed by atoms with E-state index in [1.807, 2.05) is 0 Å². The highest BCUT2D eigenvalue weighted by atomic mass is 16.5. The fourth-order valence-electron chi connectivity index (χ4n) is 3.40. The molecule has 0 spiro atoms. The van der Waals surface area contributed by atoms with Gasteiger partial charge in [-0.1, -0.05) is 24.0 Å². The van der Waals surface area contributed by atoms with E-state index in [-0.39, 0.29) is 5.91 Å². The zero-order valence-corrected chi connectivity index (χ0v) is 17.1. The first-order chi connectivity index (χ1) is 14.9. The lowest BCUT2D eigenvalue weighted by atomic mass is 9.90. The van der Waals surface area contributed by atoms with Crippen LogP contribution in [0.1, 0.15) is 33.2 Å². The number of carbonyl (C=O) groups excluding carboxylic acids is 1. The zero-order chi connectivity index (χ0) is 22.5. The van der Waals surface area contributed by atoms with Crippen molar-refractivity contribution in [3.63, 3.8) is 0 Å². The summed E-state index contributed by atoms with van der Waals surface area (Å²) < 4.78 is 11.0. The van der Waals surface area contributed by atoms with Gasteiger partial charge < -0.3 is 35.2 Å². The minimum absolute atomic E-state index is 0.217. The van der Waals surface area contributed by atoms with Gasteiger partial charge in [0.1, 0.15) is 36.3 Å². The molecule has 0 aromatic heterocycles. The molecule has 1 fully saturated rings. The summed E-state index contributed by atoms with van der Waals surface area (Å²) >= 11 is 0. The van der Waals surface area contributed by atoms with Crippen molar-refractivity contribution < 1.29 is 34.7 Å². The van der Waals surface area contributed by atoms with Crippen molar-refractivity contribution in [2.75, 3.05) is 20.8 Å². The highest BCUT2D eigenvalue weighted by molar-refractivity contribution is 5.94. The standard InChI is InChI=1S/C23H25NO7/c1-24-23(29)16-5-3-4-13(10-16)6-7-14-11-15(8-9-17(14)30-2)22-21(28)20(27)19(26)18(12-25)31-22/h3-5,8-11,18-22,25-28H,12H2,1-2H3,(H,24,29)/t18-,19-,20+,21+,22-/m1/s1. The molecule has 8 nitrogen and oxygen atoms in total. The minimum atomic E-state index is -1.47.